The number of nitrogens with two attached hydrogens (primary N) is 1. The fourth-order valence-corrected chi connectivity index (χ4v) is 1.52. The molecule has 78 valence electrons. The second kappa shape index (κ2) is 4.56. The molecule has 0 radical (unpaired) electrons. The van der Waals surface area contributed by atoms with Crippen molar-refractivity contribution in [3.63, 3.8) is 0 Å². The zero-order valence-corrected chi connectivity index (χ0v) is 9.56. The first kappa shape index (κ1) is 11.2. The molecule has 1 rings (SSSR count). The van der Waals surface area contributed by atoms with E-state index < -0.39 is 0 Å². The van der Waals surface area contributed by atoms with Gasteiger partial charge in [0.05, 0.1) is 11.6 Å². The number of halogens is 1. The minimum atomic E-state index is 0.489. The molecule has 2 N–H and O–H groups in total. The highest BCUT2D eigenvalue weighted by Gasteiger charge is 2.07. The van der Waals surface area contributed by atoms with Crippen LogP contribution in [0, 0.1) is 12.8 Å². The van der Waals surface area contributed by atoms with E-state index in [0.29, 0.717) is 23.2 Å². The van der Waals surface area contributed by atoms with Gasteiger partial charge in [-0.1, -0.05) is 25.4 Å². The summed E-state index contributed by atoms with van der Waals surface area (Å²) < 4.78 is 5.60. The van der Waals surface area contributed by atoms with Gasteiger partial charge in [-0.15, -0.1) is 0 Å². The Bertz CT molecular complexity index is 300. The molecule has 0 aromatic heterocycles. The molecule has 0 atom stereocenters. The van der Waals surface area contributed by atoms with Crippen molar-refractivity contribution in [2.24, 2.45) is 5.92 Å². The number of hydrogen-bond acceptors (Lipinski definition) is 2. The van der Waals surface area contributed by atoms with E-state index in [2.05, 4.69) is 13.8 Å². The highest BCUT2D eigenvalue weighted by Crippen LogP contribution is 2.31. The molecule has 3 heteroatoms. The van der Waals surface area contributed by atoms with Crippen LogP contribution in [0.1, 0.15) is 19.4 Å². The third kappa shape index (κ3) is 2.81. The quantitative estimate of drug-likeness (QED) is 0.783. The fraction of sp³-hybridized carbons (Fsp3) is 0.455. The van der Waals surface area contributed by atoms with E-state index >= 15 is 0 Å². The summed E-state index contributed by atoms with van der Waals surface area (Å²) in [5.74, 6) is 1.23. The van der Waals surface area contributed by atoms with E-state index in [-0.39, 0.29) is 0 Å². The maximum atomic E-state index is 6.01. The van der Waals surface area contributed by atoms with Gasteiger partial charge in [-0.2, -0.15) is 0 Å². The number of benzene rings is 1. The van der Waals surface area contributed by atoms with Gasteiger partial charge in [-0.3, -0.25) is 0 Å². The van der Waals surface area contributed by atoms with Crippen molar-refractivity contribution in [2.45, 2.75) is 20.8 Å². The van der Waals surface area contributed by atoms with E-state index in [1.807, 2.05) is 13.0 Å². The Morgan fingerprint density at radius 1 is 1.43 bits per heavy atom. The largest absolute Gasteiger partial charge is 0.491 e. The third-order valence-electron chi connectivity index (χ3n) is 1.81. The molecule has 0 amide bonds. The first-order valence-corrected chi connectivity index (χ1v) is 5.07. The van der Waals surface area contributed by atoms with Crippen LogP contribution in [0.15, 0.2) is 12.1 Å². The molecule has 0 saturated heterocycles. The SMILES string of the molecule is Cc1cc(N)cc(Cl)c1OCC(C)C. The van der Waals surface area contributed by atoms with Crippen molar-refractivity contribution in [1.82, 2.24) is 0 Å². The molecule has 14 heavy (non-hydrogen) atoms. The summed E-state index contributed by atoms with van der Waals surface area (Å²) in [7, 11) is 0. The average molecular weight is 214 g/mol. The minimum Gasteiger partial charge on any atom is -0.491 e. The highest BCUT2D eigenvalue weighted by molar-refractivity contribution is 6.32. The maximum absolute atomic E-state index is 6.01. The van der Waals surface area contributed by atoms with Crippen LogP contribution in [0.3, 0.4) is 0 Å². The number of rotatable bonds is 3. The third-order valence-corrected chi connectivity index (χ3v) is 2.09. The van der Waals surface area contributed by atoms with Gasteiger partial charge in [0.25, 0.3) is 0 Å². The average Bonchev–Trinajstić information content (AvgIpc) is 2.01. The van der Waals surface area contributed by atoms with Crippen molar-refractivity contribution in [2.75, 3.05) is 12.3 Å². The summed E-state index contributed by atoms with van der Waals surface area (Å²) >= 11 is 6.01. The lowest BCUT2D eigenvalue weighted by molar-refractivity contribution is 0.269. The zero-order chi connectivity index (χ0) is 10.7. The molecule has 0 heterocycles. The van der Waals surface area contributed by atoms with E-state index in [0.717, 1.165) is 11.3 Å². The summed E-state index contributed by atoms with van der Waals surface area (Å²) in [4.78, 5) is 0. The second-order valence-electron chi connectivity index (χ2n) is 3.85. The standard InChI is InChI=1S/C11H16ClNO/c1-7(2)6-14-11-8(3)4-9(13)5-10(11)12/h4-5,7H,6,13H2,1-3H3. The molecule has 0 aliphatic carbocycles. The molecule has 0 bridgehead atoms. The van der Waals surface area contributed by atoms with E-state index in [1.54, 1.807) is 6.07 Å². The first-order valence-electron chi connectivity index (χ1n) is 4.69. The molecule has 0 saturated carbocycles. The van der Waals surface area contributed by atoms with Gasteiger partial charge in [0, 0.05) is 5.69 Å². The monoisotopic (exact) mass is 213 g/mol. The van der Waals surface area contributed by atoms with Gasteiger partial charge >= 0.3 is 0 Å². The van der Waals surface area contributed by atoms with Crippen molar-refractivity contribution in [3.8, 4) is 5.75 Å². The normalized spacial score (nSPS) is 10.6. The van der Waals surface area contributed by atoms with Crippen LogP contribution in [-0.4, -0.2) is 6.61 Å². The van der Waals surface area contributed by atoms with Gasteiger partial charge in [-0.05, 0) is 30.5 Å². The van der Waals surface area contributed by atoms with Gasteiger partial charge < -0.3 is 10.5 Å². The second-order valence-corrected chi connectivity index (χ2v) is 4.26. The number of aryl methyl sites for hydroxylation is 1. The molecule has 0 fully saturated rings. The number of ether oxygens (including phenoxy) is 1. The van der Waals surface area contributed by atoms with Gasteiger partial charge in [0.2, 0.25) is 0 Å². The summed E-state index contributed by atoms with van der Waals surface area (Å²) in [5, 5.41) is 0.586. The van der Waals surface area contributed by atoms with Crippen LogP contribution in [0.2, 0.25) is 5.02 Å². The Kier molecular flexibility index (Phi) is 3.64. The zero-order valence-electron chi connectivity index (χ0n) is 8.80. The van der Waals surface area contributed by atoms with Gasteiger partial charge in [0.15, 0.2) is 0 Å². The predicted octanol–water partition coefficient (Wildman–Crippen LogP) is 3.27. The first-order chi connectivity index (χ1) is 6.50. The van der Waals surface area contributed by atoms with E-state index in [4.69, 9.17) is 22.1 Å². The molecule has 0 unspecified atom stereocenters. The summed E-state index contributed by atoms with van der Waals surface area (Å²) in [6.07, 6.45) is 0. The van der Waals surface area contributed by atoms with Crippen LogP contribution < -0.4 is 10.5 Å². The van der Waals surface area contributed by atoms with Gasteiger partial charge in [0.1, 0.15) is 5.75 Å². The summed E-state index contributed by atoms with van der Waals surface area (Å²) in [6.45, 7) is 6.81. The molecule has 1 aromatic rings. The molecule has 0 spiro atoms. The summed E-state index contributed by atoms with van der Waals surface area (Å²) in [5.41, 5.74) is 7.30. The van der Waals surface area contributed by atoms with Gasteiger partial charge in [-0.25, -0.2) is 0 Å². The molecule has 2 nitrogen and oxygen atoms in total. The molecule has 1 aromatic carbocycles. The van der Waals surface area contributed by atoms with Crippen LogP contribution >= 0.6 is 11.6 Å². The van der Waals surface area contributed by atoms with Crippen LogP contribution in [0.4, 0.5) is 5.69 Å². The minimum absolute atomic E-state index is 0.489. The lowest BCUT2D eigenvalue weighted by atomic mass is 10.2. The number of anilines is 1. The lowest BCUT2D eigenvalue weighted by Gasteiger charge is -2.13. The van der Waals surface area contributed by atoms with E-state index in [9.17, 15) is 0 Å². The van der Waals surface area contributed by atoms with Crippen LogP contribution in [0.5, 0.6) is 5.75 Å². The maximum Gasteiger partial charge on any atom is 0.140 e. The Morgan fingerprint density at radius 2 is 2.07 bits per heavy atom. The number of hydrogen-bond donors (Lipinski definition) is 1. The Morgan fingerprint density at radius 3 is 2.57 bits per heavy atom. The molecular formula is C11H16ClNO. The summed E-state index contributed by atoms with van der Waals surface area (Å²) in [6, 6.07) is 3.58. The van der Waals surface area contributed by atoms with Crippen molar-refractivity contribution in [1.29, 1.82) is 0 Å². The van der Waals surface area contributed by atoms with Crippen molar-refractivity contribution < 1.29 is 4.74 Å². The molecule has 0 aliphatic heterocycles. The van der Waals surface area contributed by atoms with Crippen LogP contribution in [0.25, 0.3) is 0 Å². The Balaban J connectivity index is 2.86. The van der Waals surface area contributed by atoms with Crippen molar-refractivity contribution >= 4 is 17.3 Å². The molecule has 0 aliphatic rings. The Labute approximate surface area is 90.0 Å². The smallest absolute Gasteiger partial charge is 0.140 e. The van der Waals surface area contributed by atoms with E-state index in [1.165, 1.54) is 0 Å². The lowest BCUT2D eigenvalue weighted by Crippen LogP contribution is -2.06. The number of nitrogen functional groups attached to an aromatic ring is 1. The highest BCUT2D eigenvalue weighted by atomic mass is 35.5. The molecular weight excluding hydrogens is 198 g/mol. The van der Waals surface area contributed by atoms with Crippen molar-refractivity contribution in [3.05, 3.63) is 22.7 Å². The van der Waals surface area contributed by atoms with Crippen LogP contribution in [-0.2, 0) is 0 Å². The Hall–Kier alpha value is -0.890. The predicted molar refractivity (Wildman–Crippen MR) is 60.9 cm³/mol. The fourth-order valence-electron chi connectivity index (χ4n) is 1.19. The topological polar surface area (TPSA) is 35.2 Å².